The first-order chi connectivity index (χ1) is 9.94. The number of rotatable bonds is 0. The molecule has 1 saturated heterocycles. The third kappa shape index (κ3) is 1.76. The number of hydrogen-bond donors (Lipinski definition) is 0. The summed E-state index contributed by atoms with van der Waals surface area (Å²) < 4.78 is 5.78. The van der Waals surface area contributed by atoms with Crippen LogP contribution in [-0.4, -0.2) is 24.8 Å². The standard InChI is InChI=1S/C18H24O3/c1-17-5-4-13-12(15(17)9-21-10-17)8-16(20)14-7-11(19)3-6-18(13,14)2/h7,12-13,15H,3-6,8-10H2,1-2H3/t12-,13+,15+,17-,18-/m1/s1. The van der Waals surface area contributed by atoms with E-state index in [2.05, 4.69) is 13.8 Å². The number of ketones is 2. The summed E-state index contributed by atoms with van der Waals surface area (Å²) in [4.78, 5) is 24.4. The Kier molecular flexibility index (Phi) is 2.79. The van der Waals surface area contributed by atoms with Gasteiger partial charge in [-0.3, -0.25) is 9.59 Å². The fourth-order valence-corrected chi connectivity index (χ4v) is 5.70. The van der Waals surface area contributed by atoms with Crippen LogP contribution in [0.15, 0.2) is 11.6 Å². The van der Waals surface area contributed by atoms with Gasteiger partial charge in [0, 0.05) is 18.4 Å². The lowest BCUT2D eigenvalue weighted by Crippen LogP contribution is -2.52. The summed E-state index contributed by atoms with van der Waals surface area (Å²) in [6.07, 6.45) is 6.13. The molecule has 4 aliphatic rings. The Balaban J connectivity index is 1.75. The number of fused-ring (bicyclic) bond motifs is 5. The zero-order valence-corrected chi connectivity index (χ0v) is 13.0. The van der Waals surface area contributed by atoms with E-state index in [1.165, 1.54) is 12.8 Å². The first kappa shape index (κ1) is 13.7. The first-order valence-electron chi connectivity index (χ1n) is 8.30. The molecule has 21 heavy (non-hydrogen) atoms. The highest BCUT2D eigenvalue weighted by molar-refractivity contribution is 6.05. The van der Waals surface area contributed by atoms with Gasteiger partial charge in [0.2, 0.25) is 0 Å². The van der Waals surface area contributed by atoms with E-state index < -0.39 is 0 Å². The second-order valence-corrected chi connectivity index (χ2v) is 8.15. The Labute approximate surface area is 126 Å². The summed E-state index contributed by atoms with van der Waals surface area (Å²) in [5, 5.41) is 0. The largest absolute Gasteiger partial charge is 0.381 e. The summed E-state index contributed by atoms with van der Waals surface area (Å²) in [5.74, 6) is 1.89. The van der Waals surface area contributed by atoms with E-state index in [4.69, 9.17) is 4.74 Å². The molecule has 4 rings (SSSR count). The number of hydrogen-bond acceptors (Lipinski definition) is 3. The van der Waals surface area contributed by atoms with Crippen LogP contribution in [0.4, 0.5) is 0 Å². The number of carbonyl (C=O) groups excluding carboxylic acids is 2. The minimum Gasteiger partial charge on any atom is -0.381 e. The molecule has 0 unspecified atom stereocenters. The van der Waals surface area contributed by atoms with Crippen LogP contribution in [0, 0.1) is 28.6 Å². The molecule has 0 aromatic carbocycles. The van der Waals surface area contributed by atoms with Crippen molar-refractivity contribution in [3.8, 4) is 0 Å². The predicted octanol–water partition coefficient (Wildman–Crippen LogP) is 2.93. The van der Waals surface area contributed by atoms with Gasteiger partial charge in [-0.2, -0.15) is 0 Å². The quantitative estimate of drug-likeness (QED) is 0.688. The van der Waals surface area contributed by atoms with Crippen LogP contribution in [0.25, 0.3) is 0 Å². The Morgan fingerprint density at radius 2 is 2.00 bits per heavy atom. The summed E-state index contributed by atoms with van der Waals surface area (Å²) in [7, 11) is 0. The van der Waals surface area contributed by atoms with Crippen molar-refractivity contribution in [1.29, 1.82) is 0 Å². The molecule has 3 aliphatic carbocycles. The van der Waals surface area contributed by atoms with Crippen molar-refractivity contribution >= 4 is 11.6 Å². The molecule has 0 aromatic rings. The molecule has 1 aliphatic heterocycles. The van der Waals surface area contributed by atoms with E-state index in [1.54, 1.807) is 6.08 Å². The molecular formula is C18H24O3. The van der Waals surface area contributed by atoms with Crippen LogP contribution in [0.2, 0.25) is 0 Å². The molecule has 0 aromatic heterocycles. The Morgan fingerprint density at radius 3 is 2.81 bits per heavy atom. The highest BCUT2D eigenvalue weighted by Gasteiger charge is 2.58. The van der Waals surface area contributed by atoms with E-state index >= 15 is 0 Å². The third-order valence-corrected chi connectivity index (χ3v) is 7.04. The lowest BCUT2D eigenvalue weighted by atomic mass is 9.47. The van der Waals surface area contributed by atoms with Gasteiger partial charge in [0.1, 0.15) is 0 Å². The Hall–Kier alpha value is -0.960. The molecule has 0 spiro atoms. The molecule has 1 heterocycles. The van der Waals surface area contributed by atoms with Crippen LogP contribution in [-0.2, 0) is 14.3 Å². The molecule has 5 atom stereocenters. The monoisotopic (exact) mass is 288 g/mol. The van der Waals surface area contributed by atoms with Gasteiger partial charge in [0.25, 0.3) is 0 Å². The molecule has 3 nitrogen and oxygen atoms in total. The van der Waals surface area contributed by atoms with Gasteiger partial charge in [-0.05, 0) is 53.9 Å². The Morgan fingerprint density at radius 1 is 1.19 bits per heavy atom. The summed E-state index contributed by atoms with van der Waals surface area (Å²) in [6.45, 7) is 6.24. The van der Waals surface area contributed by atoms with Crippen LogP contribution in [0.5, 0.6) is 0 Å². The van der Waals surface area contributed by atoms with E-state index in [9.17, 15) is 9.59 Å². The zero-order valence-electron chi connectivity index (χ0n) is 13.0. The van der Waals surface area contributed by atoms with E-state index in [1.807, 2.05) is 0 Å². The fourth-order valence-electron chi connectivity index (χ4n) is 5.70. The predicted molar refractivity (Wildman–Crippen MR) is 78.7 cm³/mol. The lowest BCUT2D eigenvalue weighted by molar-refractivity contribution is -0.129. The van der Waals surface area contributed by atoms with Gasteiger partial charge in [0.05, 0.1) is 13.2 Å². The molecular weight excluding hydrogens is 264 g/mol. The van der Waals surface area contributed by atoms with Crippen molar-refractivity contribution in [2.75, 3.05) is 13.2 Å². The lowest BCUT2D eigenvalue weighted by Gasteiger charge is -2.55. The normalized spacial score (nSPS) is 49.2. The highest BCUT2D eigenvalue weighted by atomic mass is 16.5. The summed E-state index contributed by atoms with van der Waals surface area (Å²) in [6, 6.07) is 0. The number of Topliss-reactive ketones (excluding diaryl/α,β-unsaturated/α-hetero) is 1. The topological polar surface area (TPSA) is 43.4 Å². The van der Waals surface area contributed by atoms with E-state index in [0.29, 0.717) is 30.6 Å². The third-order valence-electron chi connectivity index (χ3n) is 7.04. The minimum atomic E-state index is -0.0716. The maximum absolute atomic E-state index is 12.7. The second-order valence-electron chi connectivity index (χ2n) is 8.15. The van der Waals surface area contributed by atoms with Crippen molar-refractivity contribution in [3.05, 3.63) is 11.6 Å². The maximum atomic E-state index is 12.7. The molecule has 3 heteroatoms. The van der Waals surface area contributed by atoms with Crippen LogP contribution in [0.3, 0.4) is 0 Å². The molecule has 114 valence electrons. The highest BCUT2D eigenvalue weighted by Crippen LogP contribution is 2.61. The fraction of sp³-hybridized carbons (Fsp3) is 0.778. The van der Waals surface area contributed by atoms with Crippen molar-refractivity contribution < 1.29 is 14.3 Å². The molecule has 0 radical (unpaired) electrons. The van der Waals surface area contributed by atoms with Gasteiger partial charge in [-0.1, -0.05) is 13.8 Å². The molecule has 0 N–H and O–H groups in total. The molecule has 0 bridgehead atoms. The minimum absolute atomic E-state index is 0.0716. The van der Waals surface area contributed by atoms with Gasteiger partial charge < -0.3 is 4.74 Å². The number of carbonyl (C=O) groups is 2. The maximum Gasteiger partial charge on any atom is 0.159 e. The molecule has 0 amide bonds. The molecule has 3 fully saturated rings. The zero-order chi connectivity index (χ0) is 14.8. The second kappa shape index (κ2) is 4.28. The van der Waals surface area contributed by atoms with Crippen molar-refractivity contribution in [2.45, 2.75) is 46.0 Å². The van der Waals surface area contributed by atoms with Crippen LogP contribution in [0.1, 0.15) is 46.0 Å². The van der Waals surface area contributed by atoms with Gasteiger partial charge in [-0.25, -0.2) is 0 Å². The Bertz CT molecular complexity index is 549. The average molecular weight is 288 g/mol. The first-order valence-corrected chi connectivity index (χ1v) is 8.30. The molecule has 2 saturated carbocycles. The van der Waals surface area contributed by atoms with Crippen molar-refractivity contribution in [1.82, 2.24) is 0 Å². The van der Waals surface area contributed by atoms with Gasteiger partial charge in [0.15, 0.2) is 11.6 Å². The number of ether oxygens (including phenoxy) is 1. The van der Waals surface area contributed by atoms with Gasteiger partial charge >= 0.3 is 0 Å². The van der Waals surface area contributed by atoms with E-state index in [-0.39, 0.29) is 22.4 Å². The number of allylic oxidation sites excluding steroid dienone is 2. The smallest absolute Gasteiger partial charge is 0.159 e. The van der Waals surface area contributed by atoms with Crippen LogP contribution >= 0.6 is 0 Å². The van der Waals surface area contributed by atoms with Crippen LogP contribution < -0.4 is 0 Å². The average Bonchev–Trinajstić information content (AvgIpc) is 2.83. The van der Waals surface area contributed by atoms with Crippen molar-refractivity contribution in [3.63, 3.8) is 0 Å². The van der Waals surface area contributed by atoms with Gasteiger partial charge in [-0.15, -0.1) is 0 Å². The van der Waals surface area contributed by atoms with Crippen molar-refractivity contribution in [2.24, 2.45) is 28.6 Å². The SMILES string of the molecule is C[C@]12CC[C@H]3[C@@H](CC(=O)C4=CC(=O)CC[C@@]43C)[C@@H]1COC2. The summed E-state index contributed by atoms with van der Waals surface area (Å²) >= 11 is 0. The van der Waals surface area contributed by atoms with E-state index in [0.717, 1.165) is 25.2 Å². The summed E-state index contributed by atoms with van der Waals surface area (Å²) in [5.41, 5.74) is 1.03.